The molecule has 0 bridgehead atoms. The van der Waals surface area contributed by atoms with Gasteiger partial charge in [0.05, 0.1) is 22.5 Å². The lowest BCUT2D eigenvalue weighted by Crippen LogP contribution is -2.10. The summed E-state index contributed by atoms with van der Waals surface area (Å²) in [5.41, 5.74) is -0.832. The van der Waals surface area contributed by atoms with Gasteiger partial charge < -0.3 is 9.47 Å². The Morgan fingerprint density at radius 3 is 2.59 bits per heavy atom. The van der Waals surface area contributed by atoms with Crippen LogP contribution in [0.3, 0.4) is 0 Å². The van der Waals surface area contributed by atoms with Gasteiger partial charge in [0.25, 0.3) is 0 Å². The molecular weight excluding hydrogens is 297 g/mol. The van der Waals surface area contributed by atoms with Gasteiger partial charge in [0.2, 0.25) is 6.79 Å². The molecule has 0 saturated heterocycles. The van der Waals surface area contributed by atoms with Gasteiger partial charge in [0.1, 0.15) is 6.07 Å². The number of aromatic nitrogens is 1. The summed E-state index contributed by atoms with van der Waals surface area (Å²) in [6, 6.07) is 7.22. The van der Waals surface area contributed by atoms with E-state index in [1.54, 1.807) is 24.3 Å². The summed E-state index contributed by atoms with van der Waals surface area (Å²) in [6.45, 7) is 1.46. The zero-order valence-corrected chi connectivity index (χ0v) is 11.4. The van der Waals surface area contributed by atoms with Gasteiger partial charge in [-0.05, 0) is 31.2 Å². The lowest BCUT2D eigenvalue weighted by atomic mass is 10.0. The third-order valence-corrected chi connectivity index (χ3v) is 3.29. The highest BCUT2D eigenvalue weighted by Crippen LogP contribution is 2.38. The van der Waals surface area contributed by atoms with Gasteiger partial charge in [-0.15, -0.1) is 0 Å². The first-order valence-corrected chi connectivity index (χ1v) is 6.29. The molecule has 0 atom stereocenters. The zero-order valence-electron chi connectivity index (χ0n) is 11.4. The van der Waals surface area contributed by atoms with E-state index in [4.69, 9.17) is 14.7 Å². The number of nitriles is 1. The Kier molecular flexibility index (Phi) is 3.17. The lowest BCUT2D eigenvalue weighted by Gasteiger charge is -2.13. The predicted molar refractivity (Wildman–Crippen MR) is 70.3 cm³/mol. The number of hydrogen-bond donors (Lipinski definition) is 0. The molecule has 3 rings (SSSR count). The number of hydrogen-bond acceptors (Lipinski definition) is 4. The third-order valence-electron chi connectivity index (χ3n) is 3.29. The average molecular weight is 306 g/mol. The number of halogens is 3. The predicted octanol–water partition coefficient (Wildman–Crippen LogP) is 3.68. The number of ether oxygens (including phenoxy) is 2. The van der Waals surface area contributed by atoms with E-state index in [0.29, 0.717) is 17.1 Å². The quantitative estimate of drug-likeness (QED) is 0.806. The van der Waals surface area contributed by atoms with Crippen LogP contribution in [0.15, 0.2) is 24.3 Å². The molecule has 0 fully saturated rings. The minimum Gasteiger partial charge on any atom is -0.454 e. The first-order valence-electron chi connectivity index (χ1n) is 6.29. The molecule has 1 aromatic heterocycles. The van der Waals surface area contributed by atoms with Crippen molar-refractivity contribution in [3.05, 3.63) is 41.1 Å². The van der Waals surface area contributed by atoms with Crippen LogP contribution in [0.25, 0.3) is 11.3 Å². The molecule has 0 radical (unpaired) electrons. The van der Waals surface area contributed by atoms with Crippen molar-refractivity contribution < 1.29 is 22.6 Å². The summed E-state index contributed by atoms with van der Waals surface area (Å²) in [4.78, 5) is 4.09. The van der Waals surface area contributed by atoms with Crippen LogP contribution < -0.4 is 9.47 Å². The molecule has 1 aromatic carbocycles. The summed E-state index contributed by atoms with van der Waals surface area (Å²) in [6.07, 6.45) is -4.62. The molecule has 1 aliphatic heterocycles. The minimum absolute atomic E-state index is 0.0324. The van der Waals surface area contributed by atoms with Gasteiger partial charge >= 0.3 is 6.18 Å². The van der Waals surface area contributed by atoms with Crippen molar-refractivity contribution in [3.63, 3.8) is 0 Å². The van der Waals surface area contributed by atoms with Crippen LogP contribution in [-0.2, 0) is 6.18 Å². The average Bonchev–Trinajstić information content (AvgIpc) is 2.92. The topological polar surface area (TPSA) is 55.1 Å². The molecule has 0 N–H and O–H groups in total. The third kappa shape index (κ3) is 2.33. The monoisotopic (exact) mass is 306 g/mol. The van der Waals surface area contributed by atoms with Crippen LogP contribution >= 0.6 is 0 Å². The van der Waals surface area contributed by atoms with Gasteiger partial charge in [-0.3, -0.25) is 4.98 Å². The lowest BCUT2D eigenvalue weighted by molar-refractivity contribution is -0.137. The summed E-state index contributed by atoms with van der Waals surface area (Å²) in [5.74, 6) is 0.986. The van der Waals surface area contributed by atoms with Crippen LogP contribution in [-0.4, -0.2) is 11.8 Å². The van der Waals surface area contributed by atoms with E-state index in [0.717, 1.165) is 6.07 Å². The number of rotatable bonds is 1. The van der Waals surface area contributed by atoms with E-state index in [1.165, 1.54) is 6.92 Å². The number of alkyl halides is 3. The van der Waals surface area contributed by atoms with Crippen molar-refractivity contribution in [2.24, 2.45) is 0 Å². The van der Waals surface area contributed by atoms with E-state index in [-0.39, 0.29) is 18.2 Å². The Bertz CT molecular complexity index is 795. The van der Waals surface area contributed by atoms with Gasteiger partial charge in [0, 0.05) is 5.56 Å². The van der Waals surface area contributed by atoms with E-state index in [1.807, 2.05) is 0 Å². The van der Waals surface area contributed by atoms with E-state index >= 15 is 0 Å². The summed E-state index contributed by atoms with van der Waals surface area (Å²) in [5, 5.41) is 8.92. The molecule has 0 spiro atoms. The van der Waals surface area contributed by atoms with E-state index in [9.17, 15) is 13.2 Å². The molecule has 2 aromatic rings. The molecule has 22 heavy (non-hydrogen) atoms. The first-order chi connectivity index (χ1) is 10.4. The maximum Gasteiger partial charge on any atom is 0.417 e. The van der Waals surface area contributed by atoms with Crippen LogP contribution in [0.1, 0.15) is 16.8 Å². The van der Waals surface area contributed by atoms with Crippen molar-refractivity contribution in [1.29, 1.82) is 5.26 Å². The van der Waals surface area contributed by atoms with Gasteiger partial charge in [-0.25, -0.2) is 0 Å². The SMILES string of the molecule is Cc1nc(-c2ccc3c(c2)OCO3)cc(C(F)(F)F)c1C#N. The fraction of sp³-hybridized carbons (Fsp3) is 0.200. The molecule has 2 heterocycles. The Morgan fingerprint density at radius 2 is 1.91 bits per heavy atom. The molecule has 4 nitrogen and oxygen atoms in total. The maximum absolute atomic E-state index is 13.1. The van der Waals surface area contributed by atoms with Gasteiger partial charge in [-0.2, -0.15) is 18.4 Å². The second-order valence-electron chi connectivity index (χ2n) is 4.69. The number of pyridine rings is 1. The van der Waals surface area contributed by atoms with Crippen molar-refractivity contribution >= 4 is 0 Å². The van der Waals surface area contributed by atoms with Crippen molar-refractivity contribution in [1.82, 2.24) is 4.98 Å². The highest BCUT2D eigenvalue weighted by molar-refractivity contribution is 5.66. The Morgan fingerprint density at radius 1 is 1.18 bits per heavy atom. The first kappa shape index (κ1) is 14.2. The van der Waals surface area contributed by atoms with Crippen LogP contribution in [0, 0.1) is 18.3 Å². The molecule has 7 heteroatoms. The molecule has 0 aliphatic carbocycles. The van der Waals surface area contributed by atoms with Crippen molar-refractivity contribution in [2.75, 3.05) is 6.79 Å². The molecular formula is C15H9F3N2O2. The fourth-order valence-corrected chi connectivity index (χ4v) is 2.24. The molecule has 0 unspecified atom stereocenters. The Labute approximate surface area is 123 Å². The highest BCUT2D eigenvalue weighted by Gasteiger charge is 2.35. The summed E-state index contributed by atoms with van der Waals surface area (Å²) < 4.78 is 49.7. The van der Waals surface area contributed by atoms with Crippen LogP contribution in [0.5, 0.6) is 11.5 Å². The fourth-order valence-electron chi connectivity index (χ4n) is 2.24. The molecule has 0 saturated carbocycles. The standard InChI is InChI=1S/C15H9F3N2O2/c1-8-10(6-19)11(15(16,17)18)5-12(20-8)9-2-3-13-14(4-9)22-7-21-13/h2-5H,7H2,1H3. The number of nitrogens with zero attached hydrogens (tertiary/aromatic N) is 2. The minimum atomic E-state index is -4.62. The summed E-state index contributed by atoms with van der Waals surface area (Å²) in [7, 11) is 0. The molecule has 0 amide bonds. The Balaban J connectivity index is 2.16. The van der Waals surface area contributed by atoms with Crippen molar-refractivity contribution in [3.8, 4) is 28.8 Å². The highest BCUT2D eigenvalue weighted by atomic mass is 19.4. The second-order valence-corrected chi connectivity index (χ2v) is 4.69. The normalized spacial score (nSPS) is 13.0. The molecule has 112 valence electrons. The van der Waals surface area contributed by atoms with E-state index in [2.05, 4.69) is 4.98 Å². The van der Waals surface area contributed by atoms with Crippen LogP contribution in [0.2, 0.25) is 0 Å². The van der Waals surface area contributed by atoms with E-state index < -0.39 is 17.3 Å². The number of aryl methyl sites for hydroxylation is 1. The van der Waals surface area contributed by atoms with Crippen molar-refractivity contribution in [2.45, 2.75) is 13.1 Å². The Hall–Kier alpha value is -2.75. The number of benzene rings is 1. The maximum atomic E-state index is 13.1. The zero-order chi connectivity index (χ0) is 15.9. The summed E-state index contributed by atoms with van der Waals surface area (Å²) >= 11 is 0. The van der Waals surface area contributed by atoms with Gasteiger partial charge in [-0.1, -0.05) is 0 Å². The number of fused-ring (bicyclic) bond motifs is 1. The smallest absolute Gasteiger partial charge is 0.417 e. The van der Waals surface area contributed by atoms with Crippen LogP contribution in [0.4, 0.5) is 13.2 Å². The largest absolute Gasteiger partial charge is 0.454 e. The second kappa shape index (κ2) is 4.91. The van der Waals surface area contributed by atoms with Gasteiger partial charge in [0.15, 0.2) is 11.5 Å². The molecule has 1 aliphatic rings.